The Bertz CT molecular complexity index is 964. The molecule has 0 saturated carbocycles. The van der Waals surface area contributed by atoms with E-state index in [9.17, 15) is 0 Å². The second-order valence-corrected chi connectivity index (χ2v) is 8.08. The number of halogens is 2. The highest BCUT2D eigenvalue weighted by Gasteiger charge is 2.22. The molecular weight excluding hydrogens is 428 g/mol. The van der Waals surface area contributed by atoms with Gasteiger partial charge in [-0.05, 0) is 34.5 Å². The van der Waals surface area contributed by atoms with Gasteiger partial charge in [0.25, 0.3) is 0 Å². The average molecular weight is 450 g/mol. The summed E-state index contributed by atoms with van der Waals surface area (Å²) >= 11 is 9.93. The summed E-state index contributed by atoms with van der Waals surface area (Å²) in [6, 6.07) is 4.07. The maximum atomic E-state index is 6.46. The van der Waals surface area contributed by atoms with E-state index in [1.165, 1.54) is 0 Å². The van der Waals surface area contributed by atoms with Crippen molar-refractivity contribution in [3.05, 3.63) is 45.4 Å². The van der Waals surface area contributed by atoms with Crippen molar-refractivity contribution in [3.63, 3.8) is 0 Å². The van der Waals surface area contributed by atoms with Crippen molar-refractivity contribution in [1.29, 1.82) is 0 Å². The molecule has 1 saturated heterocycles. The number of hydrogen-bond acceptors (Lipinski definition) is 5. The minimum Gasteiger partial charge on any atom is -0.367 e. The predicted molar refractivity (Wildman–Crippen MR) is 112 cm³/mol. The molecule has 0 N–H and O–H groups in total. The third-order valence-corrected chi connectivity index (χ3v) is 6.01. The fraction of sp³-hybridized carbons (Fsp3) is 0.421. The fourth-order valence-corrected chi connectivity index (χ4v) is 4.18. The molecule has 0 amide bonds. The van der Waals surface area contributed by atoms with Gasteiger partial charge in [0.15, 0.2) is 0 Å². The van der Waals surface area contributed by atoms with Gasteiger partial charge in [0.2, 0.25) is 0 Å². The summed E-state index contributed by atoms with van der Waals surface area (Å²) in [6.07, 6.45) is 4.60. The molecule has 6 nitrogen and oxygen atoms in total. The lowest BCUT2D eigenvalue weighted by atomic mass is 10.1. The monoisotopic (exact) mass is 448 g/mol. The highest BCUT2D eigenvalue weighted by atomic mass is 79.9. The van der Waals surface area contributed by atoms with Gasteiger partial charge < -0.3 is 4.90 Å². The fourth-order valence-electron chi connectivity index (χ4n) is 3.66. The number of rotatable bonds is 4. The number of anilines is 1. The quantitative estimate of drug-likeness (QED) is 0.608. The van der Waals surface area contributed by atoms with Crippen molar-refractivity contribution in [2.75, 3.05) is 31.1 Å². The van der Waals surface area contributed by atoms with E-state index in [1.807, 2.05) is 25.5 Å². The zero-order valence-corrected chi connectivity index (χ0v) is 17.8. The van der Waals surface area contributed by atoms with E-state index in [-0.39, 0.29) is 0 Å². The molecule has 0 aliphatic carbocycles. The molecule has 4 heterocycles. The number of piperazine rings is 1. The molecule has 3 aromatic heterocycles. The minimum absolute atomic E-state index is 0.754. The van der Waals surface area contributed by atoms with Crippen LogP contribution in [0.15, 0.2) is 29.0 Å². The molecule has 0 aromatic carbocycles. The third kappa shape index (κ3) is 3.68. The molecule has 1 fully saturated rings. The van der Waals surface area contributed by atoms with Crippen molar-refractivity contribution in [2.45, 2.75) is 19.9 Å². The average Bonchev–Trinajstić information content (AvgIpc) is 2.95. The van der Waals surface area contributed by atoms with Gasteiger partial charge in [-0.3, -0.25) is 19.5 Å². The van der Waals surface area contributed by atoms with Gasteiger partial charge in [0.1, 0.15) is 10.7 Å². The molecule has 8 heteroatoms. The molecule has 0 bridgehead atoms. The van der Waals surface area contributed by atoms with Crippen LogP contribution < -0.4 is 4.90 Å². The maximum Gasteiger partial charge on any atom is 0.131 e. The first kappa shape index (κ1) is 18.7. The molecule has 0 atom stereocenters. The maximum absolute atomic E-state index is 6.46. The lowest BCUT2D eigenvalue weighted by Crippen LogP contribution is -2.46. The van der Waals surface area contributed by atoms with Crippen LogP contribution in [0.1, 0.15) is 18.2 Å². The highest BCUT2D eigenvalue weighted by molar-refractivity contribution is 9.10. The lowest BCUT2D eigenvalue weighted by molar-refractivity contribution is 0.249. The summed E-state index contributed by atoms with van der Waals surface area (Å²) in [6.45, 7) is 6.85. The van der Waals surface area contributed by atoms with Crippen LogP contribution in [0.2, 0.25) is 5.15 Å². The van der Waals surface area contributed by atoms with Crippen molar-refractivity contribution in [3.8, 4) is 0 Å². The topological polar surface area (TPSA) is 50.1 Å². The van der Waals surface area contributed by atoms with E-state index < -0.39 is 0 Å². The summed E-state index contributed by atoms with van der Waals surface area (Å²) in [4.78, 5) is 13.9. The Morgan fingerprint density at radius 1 is 1.19 bits per heavy atom. The number of hydrogen-bond donors (Lipinski definition) is 0. The first-order valence-corrected chi connectivity index (χ1v) is 10.3. The lowest BCUT2D eigenvalue weighted by Gasteiger charge is -2.36. The Hall–Kier alpha value is -1.70. The smallest absolute Gasteiger partial charge is 0.131 e. The SMILES string of the molecule is CCc1nn(C)c(Cl)c1CN1CCN(c2ccnc3cc(Br)cnc23)CC1. The molecule has 27 heavy (non-hydrogen) atoms. The molecular formula is C19H22BrClN6. The standard InChI is InChI=1S/C19H22BrClN6/c1-3-15-14(19(21)25(2)24-15)12-26-6-8-27(9-7-26)17-4-5-22-16-10-13(20)11-23-18(16)17/h4-5,10-11H,3,6-9,12H2,1-2H3. The number of aryl methyl sites for hydroxylation is 2. The highest BCUT2D eigenvalue weighted by Crippen LogP contribution is 2.27. The minimum atomic E-state index is 0.754. The van der Waals surface area contributed by atoms with Crippen molar-refractivity contribution in [2.24, 2.45) is 7.05 Å². The Morgan fingerprint density at radius 2 is 1.96 bits per heavy atom. The summed E-state index contributed by atoms with van der Waals surface area (Å²) in [5.41, 5.74) is 5.29. The van der Waals surface area contributed by atoms with Crippen LogP contribution in [-0.4, -0.2) is 50.8 Å². The predicted octanol–water partition coefficient (Wildman–Crippen LogP) is 3.66. The van der Waals surface area contributed by atoms with E-state index >= 15 is 0 Å². The zero-order chi connectivity index (χ0) is 19.0. The first-order valence-electron chi connectivity index (χ1n) is 9.14. The molecule has 142 valence electrons. The van der Waals surface area contributed by atoms with Crippen molar-refractivity contribution < 1.29 is 0 Å². The molecule has 1 aliphatic rings. The Kier molecular flexibility index (Phi) is 5.34. The van der Waals surface area contributed by atoms with Gasteiger partial charge in [-0.25, -0.2) is 0 Å². The van der Waals surface area contributed by atoms with E-state index in [0.717, 1.165) is 76.7 Å². The summed E-state index contributed by atoms with van der Waals surface area (Å²) in [7, 11) is 1.91. The largest absolute Gasteiger partial charge is 0.367 e. The Morgan fingerprint density at radius 3 is 2.70 bits per heavy atom. The van der Waals surface area contributed by atoms with E-state index in [2.05, 4.69) is 53.8 Å². The first-order chi connectivity index (χ1) is 13.1. The molecule has 0 spiro atoms. The molecule has 3 aromatic rings. The normalized spacial score (nSPS) is 15.6. The zero-order valence-electron chi connectivity index (χ0n) is 15.5. The van der Waals surface area contributed by atoms with Crippen molar-refractivity contribution in [1.82, 2.24) is 24.6 Å². The van der Waals surface area contributed by atoms with Gasteiger partial charge in [-0.2, -0.15) is 5.10 Å². The number of fused-ring (bicyclic) bond motifs is 1. The summed E-state index contributed by atoms with van der Waals surface area (Å²) in [5.74, 6) is 0. The van der Waals surface area contributed by atoms with Crippen LogP contribution in [0.3, 0.4) is 0 Å². The van der Waals surface area contributed by atoms with Gasteiger partial charge >= 0.3 is 0 Å². The van der Waals surface area contributed by atoms with Gasteiger partial charge in [-0.1, -0.05) is 18.5 Å². The molecule has 4 rings (SSSR count). The van der Waals surface area contributed by atoms with Crippen LogP contribution in [0.5, 0.6) is 0 Å². The van der Waals surface area contributed by atoms with Gasteiger partial charge in [0, 0.05) is 62.2 Å². The number of pyridine rings is 2. The van der Waals surface area contributed by atoms with Gasteiger partial charge in [0.05, 0.1) is 16.9 Å². The molecule has 0 radical (unpaired) electrons. The van der Waals surface area contributed by atoms with Crippen LogP contribution >= 0.6 is 27.5 Å². The third-order valence-electron chi connectivity index (χ3n) is 5.10. The second kappa shape index (κ2) is 7.73. The number of nitrogens with zero attached hydrogens (tertiary/aromatic N) is 6. The van der Waals surface area contributed by atoms with Crippen LogP contribution in [0.4, 0.5) is 5.69 Å². The van der Waals surface area contributed by atoms with Crippen LogP contribution in [-0.2, 0) is 20.0 Å². The summed E-state index contributed by atoms with van der Waals surface area (Å²) < 4.78 is 2.73. The van der Waals surface area contributed by atoms with E-state index in [4.69, 9.17) is 11.6 Å². The van der Waals surface area contributed by atoms with E-state index in [0.29, 0.717) is 0 Å². The van der Waals surface area contributed by atoms with Crippen LogP contribution in [0.25, 0.3) is 11.0 Å². The molecule has 0 unspecified atom stereocenters. The van der Waals surface area contributed by atoms with Gasteiger partial charge in [-0.15, -0.1) is 0 Å². The van der Waals surface area contributed by atoms with E-state index in [1.54, 1.807) is 4.68 Å². The van der Waals surface area contributed by atoms with Crippen molar-refractivity contribution >= 4 is 44.3 Å². The number of aromatic nitrogens is 4. The van der Waals surface area contributed by atoms with Crippen LogP contribution in [0, 0.1) is 0 Å². The molecule has 1 aliphatic heterocycles. The Labute approximate surface area is 172 Å². The summed E-state index contributed by atoms with van der Waals surface area (Å²) in [5, 5.41) is 5.28. The second-order valence-electron chi connectivity index (χ2n) is 6.81. The Balaban J connectivity index is 1.49.